The Hall–Kier alpha value is -0.970. The Kier molecular flexibility index (Phi) is 3.09. The van der Waals surface area contributed by atoms with Gasteiger partial charge in [-0.05, 0) is 25.2 Å². The van der Waals surface area contributed by atoms with Gasteiger partial charge >= 0.3 is 0 Å². The third kappa shape index (κ3) is 2.16. The van der Waals surface area contributed by atoms with Crippen molar-refractivity contribution in [3.8, 4) is 0 Å². The van der Waals surface area contributed by atoms with Crippen LogP contribution in [0.2, 0.25) is 5.02 Å². The van der Waals surface area contributed by atoms with E-state index >= 15 is 0 Å². The van der Waals surface area contributed by atoms with Gasteiger partial charge in [-0.3, -0.25) is 4.99 Å². The first-order valence-electron chi connectivity index (χ1n) is 6.08. The van der Waals surface area contributed by atoms with Gasteiger partial charge in [-0.15, -0.1) is 0 Å². The Morgan fingerprint density at radius 3 is 2.50 bits per heavy atom. The topological polar surface area (TPSA) is 36.4 Å². The first-order valence-corrected chi connectivity index (χ1v) is 6.86. The van der Waals surface area contributed by atoms with Crippen LogP contribution >= 0.6 is 23.8 Å². The number of aliphatic imine (C=N–C) groups is 1. The first-order chi connectivity index (χ1) is 8.69. The van der Waals surface area contributed by atoms with Gasteiger partial charge in [0.05, 0.1) is 0 Å². The highest BCUT2D eigenvalue weighted by atomic mass is 35.5. The molecule has 0 amide bonds. The highest BCUT2D eigenvalue weighted by Gasteiger charge is 2.38. The number of piperidine rings is 1. The van der Waals surface area contributed by atoms with Gasteiger partial charge < -0.3 is 10.6 Å². The third-order valence-electron chi connectivity index (χ3n) is 3.44. The first kappa shape index (κ1) is 12.1. The van der Waals surface area contributed by atoms with Crippen molar-refractivity contribution in [2.75, 3.05) is 13.1 Å². The van der Waals surface area contributed by atoms with Gasteiger partial charge in [0.25, 0.3) is 0 Å². The van der Waals surface area contributed by atoms with E-state index in [1.54, 1.807) is 0 Å². The zero-order valence-electron chi connectivity index (χ0n) is 9.87. The van der Waals surface area contributed by atoms with Gasteiger partial charge in [0.2, 0.25) is 0 Å². The van der Waals surface area contributed by atoms with Gasteiger partial charge in [0, 0.05) is 23.4 Å². The Morgan fingerprint density at radius 1 is 1.17 bits per heavy atom. The number of benzene rings is 1. The molecule has 0 aliphatic carbocycles. The highest BCUT2D eigenvalue weighted by Crippen LogP contribution is 2.26. The summed E-state index contributed by atoms with van der Waals surface area (Å²) in [6.07, 6.45) is 1.95. The average Bonchev–Trinajstić information content (AvgIpc) is 2.68. The SMILES string of the molecule is S=C1NC2(CCNCC2)N=C1c1ccc(Cl)cc1. The van der Waals surface area contributed by atoms with E-state index in [-0.39, 0.29) is 5.66 Å². The third-order valence-corrected chi connectivity index (χ3v) is 3.98. The van der Waals surface area contributed by atoms with E-state index in [9.17, 15) is 0 Å². The van der Waals surface area contributed by atoms with E-state index in [4.69, 9.17) is 28.8 Å². The summed E-state index contributed by atoms with van der Waals surface area (Å²) < 4.78 is 0. The van der Waals surface area contributed by atoms with Crippen molar-refractivity contribution in [2.24, 2.45) is 4.99 Å². The Balaban J connectivity index is 1.93. The van der Waals surface area contributed by atoms with E-state index in [1.165, 1.54) is 0 Å². The fraction of sp³-hybridized carbons (Fsp3) is 0.385. The Bertz CT molecular complexity index is 503. The van der Waals surface area contributed by atoms with Gasteiger partial charge in [0.1, 0.15) is 16.4 Å². The van der Waals surface area contributed by atoms with Crippen molar-refractivity contribution in [1.82, 2.24) is 10.6 Å². The predicted molar refractivity (Wildman–Crippen MR) is 78.6 cm³/mol. The average molecular weight is 280 g/mol. The highest BCUT2D eigenvalue weighted by molar-refractivity contribution is 7.82. The van der Waals surface area contributed by atoms with Gasteiger partial charge in [-0.1, -0.05) is 36.0 Å². The molecule has 3 rings (SSSR count). The Morgan fingerprint density at radius 2 is 1.83 bits per heavy atom. The van der Waals surface area contributed by atoms with Crippen LogP contribution in [0.15, 0.2) is 29.3 Å². The molecular formula is C13H14ClN3S. The molecule has 5 heteroatoms. The van der Waals surface area contributed by atoms with Crippen LogP contribution in [0, 0.1) is 0 Å². The second-order valence-corrected chi connectivity index (χ2v) is 5.55. The van der Waals surface area contributed by atoms with E-state index in [1.807, 2.05) is 24.3 Å². The van der Waals surface area contributed by atoms with Crippen molar-refractivity contribution >= 4 is 34.5 Å². The molecule has 1 aromatic carbocycles. The predicted octanol–water partition coefficient (Wildman–Crippen LogP) is 2.14. The molecule has 0 saturated carbocycles. The lowest BCUT2D eigenvalue weighted by molar-refractivity contribution is 0.300. The molecule has 0 atom stereocenters. The molecule has 0 radical (unpaired) electrons. The number of halogens is 1. The fourth-order valence-electron chi connectivity index (χ4n) is 2.44. The number of hydrogen-bond acceptors (Lipinski definition) is 3. The van der Waals surface area contributed by atoms with Crippen LogP contribution in [0.5, 0.6) is 0 Å². The molecule has 2 heterocycles. The van der Waals surface area contributed by atoms with E-state index in [0.29, 0.717) is 0 Å². The number of hydrogen-bond donors (Lipinski definition) is 2. The maximum Gasteiger partial charge on any atom is 0.133 e. The number of rotatable bonds is 1. The summed E-state index contributed by atoms with van der Waals surface area (Å²) in [4.78, 5) is 5.59. The molecule has 3 nitrogen and oxygen atoms in total. The standard InChI is InChI=1S/C13H14ClN3S/c14-10-3-1-9(2-4-10)11-12(18)17-13(16-11)5-7-15-8-6-13/h1-4,15H,5-8H2,(H,17,18). The van der Waals surface area contributed by atoms with Gasteiger partial charge in [0.15, 0.2) is 0 Å². The fourth-order valence-corrected chi connectivity index (χ4v) is 2.92. The second kappa shape index (κ2) is 4.61. The molecule has 1 aromatic rings. The molecule has 2 aliphatic rings. The number of nitrogens with one attached hydrogen (secondary N) is 2. The maximum atomic E-state index is 5.90. The van der Waals surface area contributed by atoms with Crippen molar-refractivity contribution in [3.63, 3.8) is 0 Å². The van der Waals surface area contributed by atoms with Crippen molar-refractivity contribution < 1.29 is 0 Å². The summed E-state index contributed by atoms with van der Waals surface area (Å²) in [5.74, 6) is 0. The molecule has 1 fully saturated rings. The van der Waals surface area contributed by atoms with Crippen LogP contribution in [0.4, 0.5) is 0 Å². The molecule has 0 unspecified atom stereocenters. The van der Waals surface area contributed by atoms with E-state index in [0.717, 1.165) is 47.2 Å². The maximum absolute atomic E-state index is 5.90. The summed E-state index contributed by atoms with van der Waals surface area (Å²) in [6, 6.07) is 7.68. The zero-order chi connectivity index (χ0) is 12.6. The minimum atomic E-state index is -0.183. The molecular weight excluding hydrogens is 266 g/mol. The molecule has 94 valence electrons. The summed E-state index contributed by atoms with van der Waals surface area (Å²) in [6.45, 7) is 1.96. The molecule has 2 N–H and O–H groups in total. The molecule has 0 bridgehead atoms. The smallest absolute Gasteiger partial charge is 0.133 e. The van der Waals surface area contributed by atoms with Crippen molar-refractivity contribution in [2.45, 2.75) is 18.5 Å². The lowest BCUT2D eigenvalue weighted by Gasteiger charge is -2.31. The molecule has 2 aliphatic heterocycles. The number of thiocarbonyl (C=S) groups is 1. The summed E-state index contributed by atoms with van der Waals surface area (Å²) in [5.41, 5.74) is 1.74. The molecule has 0 aromatic heterocycles. The van der Waals surface area contributed by atoms with Crippen LogP contribution in [0.1, 0.15) is 18.4 Å². The van der Waals surface area contributed by atoms with Crippen LogP contribution in [0.25, 0.3) is 0 Å². The quantitative estimate of drug-likeness (QED) is 0.774. The minimum Gasteiger partial charge on any atom is -0.350 e. The van der Waals surface area contributed by atoms with Gasteiger partial charge in [-0.2, -0.15) is 0 Å². The summed E-state index contributed by atoms with van der Waals surface area (Å²) in [5, 5.41) is 7.46. The van der Waals surface area contributed by atoms with E-state index < -0.39 is 0 Å². The molecule has 1 saturated heterocycles. The lowest BCUT2D eigenvalue weighted by Crippen LogP contribution is -2.49. The lowest BCUT2D eigenvalue weighted by atomic mass is 10.00. The Labute approximate surface area is 117 Å². The largest absolute Gasteiger partial charge is 0.350 e. The van der Waals surface area contributed by atoms with Gasteiger partial charge in [-0.25, -0.2) is 0 Å². The number of nitrogens with zero attached hydrogens (tertiary/aromatic N) is 1. The molecule has 18 heavy (non-hydrogen) atoms. The van der Waals surface area contributed by atoms with Crippen molar-refractivity contribution in [3.05, 3.63) is 34.9 Å². The van der Waals surface area contributed by atoms with Crippen molar-refractivity contribution in [1.29, 1.82) is 0 Å². The van der Waals surface area contributed by atoms with E-state index in [2.05, 4.69) is 10.6 Å². The second-order valence-electron chi connectivity index (χ2n) is 4.70. The van der Waals surface area contributed by atoms with Crippen LogP contribution in [0.3, 0.4) is 0 Å². The van der Waals surface area contributed by atoms with Crippen LogP contribution in [-0.4, -0.2) is 29.5 Å². The van der Waals surface area contributed by atoms with Crippen LogP contribution in [-0.2, 0) is 0 Å². The normalized spacial score (nSPS) is 21.8. The zero-order valence-corrected chi connectivity index (χ0v) is 11.4. The van der Waals surface area contributed by atoms with Crippen LogP contribution < -0.4 is 10.6 Å². The summed E-state index contributed by atoms with van der Waals surface area (Å²) in [7, 11) is 0. The summed E-state index contributed by atoms with van der Waals surface area (Å²) >= 11 is 11.3. The molecule has 1 spiro atoms. The monoisotopic (exact) mass is 279 g/mol. The minimum absolute atomic E-state index is 0.183.